The summed E-state index contributed by atoms with van der Waals surface area (Å²) in [6, 6.07) is 3.68. The first-order valence-electron chi connectivity index (χ1n) is 5.55. The molecule has 0 saturated heterocycles. The normalized spacial score (nSPS) is 12.3. The predicted molar refractivity (Wildman–Crippen MR) is 72.3 cm³/mol. The molecule has 1 atom stereocenters. The largest absolute Gasteiger partial charge is 0.484 e. The zero-order valence-electron chi connectivity index (χ0n) is 11.0. The molecule has 1 rings (SSSR count). The Kier molecular flexibility index (Phi) is 6.81. The van der Waals surface area contributed by atoms with E-state index in [9.17, 15) is 18.0 Å². The van der Waals surface area contributed by atoms with Gasteiger partial charge in [-0.2, -0.15) is 13.2 Å². The van der Waals surface area contributed by atoms with Gasteiger partial charge in [0.2, 0.25) is 5.91 Å². The van der Waals surface area contributed by atoms with E-state index in [1.54, 1.807) is 6.92 Å². The van der Waals surface area contributed by atoms with Crippen LogP contribution in [0.3, 0.4) is 0 Å². The number of anilines is 1. The van der Waals surface area contributed by atoms with Crippen LogP contribution in [0.15, 0.2) is 18.2 Å². The Labute approximate surface area is 120 Å². The first-order chi connectivity index (χ1) is 8.69. The van der Waals surface area contributed by atoms with Crippen LogP contribution in [0.5, 0.6) is 5.75 Å². The molecule has 114 valence electrons. The number of alkyl halides is 3. The summed E-state index contributed by atoms with van der Waals surface area (Å²) in [6.07, 6.45) is -4.38. The number of carbonyl (C=O) groups excluding carboxylic acids is 1. The van der Waals surface area contributed by atoms with Gasteiger partial charge in [-0.3, -0.25) is 4.79 Å². The minimum Gasteiger partial charge on any atom is -0.484 e. The van der Waals surface area contributed by atoms with Gasteiger partial charge in [-0.1, -0.05) is 0 Å². The molecular weight excluding hydrogens is 297 g/mol. The van der Waals surface area contributed by atoms with Crippen molar-refractivity contribution in [3.63, 3.8) is 0 Å². The Hall–Kier alpha value is -1.47. The Morgan fingerprint density at radius 1 is 1.45 bits per heavy atom. The molecule has 1 aromatic carbocycles. The third kappa shape index (κ3) is 6.12. The average molecular weight is 313 g/mol. The highest BCUT2D eigenvalue weighted by Gasteiger charge is 2.28. The van der Waals surface area contributed by atoms with E-state index in [2.05, 4.69) is 10.1 Å². The first kappa shape index (κ1) is 18.5. The van der Waals surface area contributed by atoms with Gasteiger partial charge in [0.05, 0.1) is 6.04 Å². The number of nitrogens with two attached hydrogens (primary N) is 1. The molecule has 0 aliphatic carbocycles. The van der Waals surface area contributed by atoms with Gasteiger partial charge in [0.1, 0.15) is 5.75 Å². The molecule has 0 fully saturated rings. The Morgan fingerprint density at radius 2 is 2.05 bits per heavy atom. The zero-order chi connectivity index (χ0) is 14.6. The maximum absolute atomic E-state index is 12.0. The molecule has 0 aliphatic heterocycles. The fourth-order valence-corrected chi connectivity index (χ4v) is 1.30. The van der Waals surface area contributed by atoms with Gasteiger partial charge in [-0.05, 0) is 37.6 Å². The standard InChI is InChI=1S/C12H15F3N2O2.ClH/c1-7-5-9(17-11(18)8(2)16)3-4-10(7)19-6-12(13,14)15;/h3-5,8H,6,16H2,1-2H3,(H,17,18);1H/t8-;/m0./s1. The van der Waals surface area contributed by atoms with Crippen LogP contribution in [0.4, 0.5) is 18.9 Å². The number of aryl methyl sites for hydroxylation is 1. The summed E-state index contributed by atoms with van der Waals surface area (Å²) in [7, 11) is 0. The van der Waals surface area contributed by atoms with Crippen LogP contribution >= 0.6 is 12.4 Å². The van der Waals surface area contributed by atoms with Crippen LogP contribution in [0, 0.1) is 6.92 Å². The molecule has 8 heteroatoms. The number of hydrogen-bond donors (Lipinski definition) is 2. The van der Waals surface area contributed by atoms with Crippen molar-refractivity contribution in [1.29, 1.82) is 0 Å². The quantitative estimate of drug-likeness (QED) is 0.898. The summed E-state index contributed by atoms with van der Waals surface area (Å²) in [5, 5.41) is 2.54. The van der Waals surface area contributed by atoms with Crippen molar-refractivity contribution in [2.75, 3.05) is 11.9 Å². The Balaban J connectivity index is 0.00000361. The van der Waals surface area contributed by atoms with Gasteiger partial charge in [-0.25, -0.2) is 0 Å². The summed E-state index contributed by atoms with van der Waals surface area (Å²) in [4.78, 5) is 11.3. The van der Waals surface area contributed by atoms with Gasteiger partial charge in [0, 0.05) is 5.69 Å². The Bertz CT molecular complexity index is 465. The summed E-state index contributed by atoms with van der Waals surface area (Å²) in [5.74, 6) is -0.250. The second-order valence-electron chi connectivity index (χ2n) is 4.16. The van der Waals surface area contributed by atoms with E-state index in [1.165, 1.54) is 25.1 Å². The second-order valence-corrected chi connectivity index (χ2v) is 4.16. The maximum atomic E-state index is 12.0. The number of benzene rings is 1. The highest BCUT2D eigenvalue weighted by Crippen LogP contribution is 2.24. The van der Waals surface area contributed by atoms with E-state index < -0.39 is 18.8 Å². The van der Waals surface area contributed by atoms with Crippen molar-refractivity contribution in [2.45, 2.75) is 26.1 Å². The summed E-state index contributed by atoms with van der Waals surface area (Å²) in [5.41, 5.74) is 6.34. The molecule has 4 nitrogen and oxygen atoms in total. The Morgan fingerprint density at radius 3 is 2.50 bits per heavy atom. The lowest BCUT2D eigenvalue weighted by atomic mass is 10.2. The van der Waals surface area contributed by atoms with Crippen molar-refractivity contribution in [3.05, 3.63) is 23.8 Å². The van der Waals surface area contributed by atoms with E-state index in [0.717, 1.165) is 0 Å². The van der Waals surface area contributed by atoms with Crippen molar-refractivity contribution >= 4 is 24.0 Å². The third-order valence-corrected chi connectivity index (χ3v) is 2.25. The molecule has 0 radical (unpaired) electrons. The fraction of sp³-hybridized carbons (Fsp3) is 0.417. The maximum Gasteiger partial charge on any atom is 0.422 e. The van der Waals surface area contributed by atoms with Gasteiger partial charge < -0.3 is 15.8 Å². The molecule has 0 bridgehead atoms. The van der Waals surface area contributed by atoms with Crippen molar-refractivity contribution < 1.29 is 22.7 Å². The number of ether oxygens (including phenoxy) is 1. The summed E-state index contributed by atoms with van der Waals surface area (Å²) < 4.78 is 40.7. The monoisotopic (exact) mass is 312 g/mol. The highest BCUT2D eigenvalue weighted by molar-refractivity contribution is 5.94. The van der Waals surface area contributed by atoms with Gasteiger partial charge in [0.25, 0.3) is 0 Å². The minimum absolute atomic E-state index is 0. The molecule has 0 heterocycles. The lowest BCUT2D eigenvalue weighted by Crippen LogP contribution is -2.32. The molecule has 0 aromatic heterocycles. The first-order valence-corrected chi connectivity index (χ1v) is 5.55. The number of carbonyl (C=O) groups is 1. The summed E-state index contributed by atoms with van der Waals surface area (Å²) >= 11 is 0. The number of nitrogens with one attached hydrogen (secondary N) is 1. The van der Waals surface area contributed by atoms with Crippen molar-refractivity contribution in [3.8, 4) is 5.75 Å². The molecule has 20 heavy (non-hydrogen) atoms. The van der Waals surface area contributed by atoms with Crippen LogP contribution in [0.1, 0.15) is 12.5 Å². The van der Waals surface area contributed by atoms with Gasteiger partial charge >= 0.3 is 6.18 Å². The van der Waals surface area contributed by atoms with Crippen molar-refractivity contribution in [1.82, 2.24) is 0 Å². The predicted octanol–water partition coefficient (Wildman–Crippen LogP) is 2.64. The third-order valence-electron chi connectivity index (χ3n) is 2.25. The van der Waals surface area contributed by atoms with Crippen LogP contribution in [-0.4, -0.2) is 24.7 Å². The molecular formula is C12H16ClF3N2O2. The van der Waals surface area contributed by atoms with E-state index in [-0.39, 0.29) is 24.1 Å². The number of hydrogen-bond acceptors (Lipinski definition) is 3. The van der Waals surface area contributed by atoms with E-state index in [1.807, 2.05) is 0 Å². The molecule has 0 saturated carbocycles. The van der Waals surface area contributed by atoms with E-state index in [0.29, 0.717) is 11.3 Å². The lowest BCUT2D eigenvalue weighted by molar-refractivity contribution is -0.153. The minimum atomic E-state index is -4.38. The van der Waals surface area contributed by atoms with Crippen LogP contribution in [-0.2, 0) is 4.79 Å². The number of rotatable bonds is 4. The van der Waals surface area contributed by atoms with Gasteiger partial charge in [-0.15, -0.1) is 12.4 Å². The van der Waals surface area contributed by atoms with Crippen molar-refractivity contribution in [2.24, 2.45) is 5.73 Å². The molecule has 0 spiro atoms. The SMILES string of the molecule is Cc1cc(NC(=O)[C@H](C)N)ccc1OCC(F)(F)F.Cl. The average Bonchev–Trinajstić information content (AvgIpc) is 2.26. The van der Waals surface area contributed by atoms with Crippen LogP contribution in [0.25, 0.3) is 0 Å². The number of amides is 1. The highest BCUT2D eigenvalue weighted by atomic mass is 35.5. The second kappa shape index (κ2) is 7.35. The zero-order valence-corrected chi connectivity index (χ0v) is 11.8. The number of halogens is 4. The van der Waals surface area contributed by atoms with E-state index >= 15 is 0 Å². The van der Waals surface area contributed by atoms with Crippen LogP contribution in [0.2, 0.25) is 0 Å². The van der Waals surface area contributed by atoms with E-state index in [4.69, 9.17) is 5.73 Å². The molecule has 0 unspecified atom stereocenters. The smallest absolute Gasteiger partial charge is 0.422 e. The molecule has 1 amide bonds. The molecule has 0 aliphatic rings. The topological polar surface area (TPSA) is 64.4 Å². The summed E-state index contributed by atoms with van der Waals surface area (Å²) in [6.45, 7) is 1.77. The fourth-order valence-electron chi connectivity index (χ4n) is 1.30. The van der Waals surface area contributed by atoms with Crippen LogP contribution < -0.4 is 15.8 Å². The van der Waals surface area contributed by atoms with Gasteiger partial charge in [0.15, 0.2) is 6.61 Å². The lowest BCUT2D eigenvalue weighted by Gasteiger charge is -2.13. The molecule has 3 N–H and O–H groups in total. The molecule has 1 aromatic rings.